The van der Waals surface area contributed by atoms with Gasteiger partial charge in [0.2, 0.25) is 11.8 Å². The van der Waals surface area contributed by atoms with E-state index in [0.717, 1.165) is 25.7 Å². The largest absolute Gasteiger partial charge is 0.278 e. The summed E-state index contributed by atoms with van der Waals surface area (Å²) >= 11 is 0. The number of nitro benzene ring substituents is 2. The summed E-state index contributed by atoms with van der Waals surface area (Å²) in [6.45, 7) is 0. The van der Waals surface area contributed by atoms with Gasteiger partial charge < -0.3 is 0 Å². The number of rotatable bonds is 15. The Labute approximate surface area is 207 Å². The monoisotopic (exact) mass is 496 g/mol. The van der Waals surface area contributed by atoms with Crippen LogP contribution in [0.15, 0.2) is 58.7 Å². The van der Waals surface area contributed by atoms with Gasteiger partial charge in [-0.25, -0.2) is 10.9 Å². The minimum absolute atomic E-state index is 0.0841. The zero-order valence-electron chi connectivity index (χ0n) is 19.7. The van der Waals surface area contributed by atoms with E-state index in [1.165, 1.54) is 24.6 Å². The summed E-state index contributed by atoms with van der Waals surface area (Å²) in [5.74, 6) is -0.522. The Morgan fingerprint density at radius 2 is 1.03 bits per heavy atom. The smallest absolute Gasteiger partial charge is 0.273 e. The Morgan fingerprint density at radius 3 is 1.42 bits per heavy atom. The van der Waals surface area contributed by atoms with E-state index in [4.69, 9.17) is 0 Å². The number of hydrogen-bond acceptors (Lipinski definition) is 8. The predicted octanol–water partition coefficient (Wildman–Crippen LogP) is 4.22. The van der Waals surface area contributed by atoms with Crippen molar-refractivity contribution in [3.05, 3.63) is 79.9 Å². The van der Waals surface area contributed by atoms with Crippen LogP contribution in [0, 0.1) is 20.2 Å². The summed E-state index contributed by atoms with van der Waals surface area (Å²) < 4.78 is 0. The Kier molecular flexibility index (Phi) is 11.9. The molecule has 0 fully saturated rings. The summed E-state index contributed by atoms with van der Waals surface area (Å²) in [4.78, 5) is 44.6. The zero-order chi connectivity index (χ0) is 26.2. The summed E-state index contributed by atoms with van der Waals surface area (Å²) in [6.07, 6.45) is 8.03. The van der Waals surface area contributed by atoms with Crippen molar-refractivity contribution in [3.63, 3.8) is 0 Å². The highest BCUT2D eigenvalue weighted by Crippen LogP contribution is 2.16. The molecule has 0 heterocycles. The lowest BCUT2D eigenvalue weighted by atomic mass is 10.1. The van der Waals surface area contributed by atoms with E-state index in [0.29, 0.717) is 36.8 Å². The first-order chi connectivity index (χ1) is 17.4. The van der Waals surface area contributed by atoms with Crippen LogP contribution >= 0.6 is 0 Å². The van der Waals surface area contributed by atoms with Crippen LogP contribution in [0.3, 0.4) is 0 Å². The first-order valence-corrected chi connectivity index (χ1v) is 11.5. The molecule has 0 spiro atoms. The van der Waals surface area contributed by atoms with Gasteiger partial charge >= 0.3 is 0 Å². The van der Waals surface area contributed by atoms with Crippen LogP contribution in [0.4, 0.5) is 11.4 Å². The van der Waals surface area contributed by atoms with Crippen LogP contribution in [0.25, 0.3) is 0 Å². The van der Waals surface area contributed by atoms with Crippen molar-refractivity contribution in [3.8, 4) is 0 Å². The molecule has 0 saturated carbocycles. The first-order valence-electron chi connectivity index (χ1n) is 11.5. The molecule has 2 N–H and O–H groups in total. The number of nitrogens with zero attached hydrogens (tertiary/aromatic N) is 4. The maximum absolute atomic E-state index is 11.8. The molecule has 0 aliphatic rings. The van der Waals surface area contributed by atoms with Gasteiger partial charge in [0.1, 0.15) is 0 Å². The number of benzene rings is 2. The van der Waals surface area contributed by atoms with E-state index in [9.17, 15) is 29.8 Å². The third kappa shape index (κ3) is 10.2. The Morgan fingerprint density at radius 1 is 0.667 bits per heavy atom. The van der Waals surface area contributed by atoms with Crippen LogP contribution in [0.1, 0.15) is 62.5 Å². The zero-order valence-corrected chi connectivity index (χ0v) is 19.7. The molecule has 190 valence electrons. The lowest BCUT2D eigenvalue weighted by Gasteiger charge is -2.02. The van der Waals surface area contributed by atoms with Gasteiger partial charge in [-0.3, -0.25) is 29.8 Å². The molecule has 0 aliphatic carbocycles. The van der Waals surface area contributed by atoms with Crippen molar-refractivity contribution < 1.29 is 19.4 Å². The summed E-state index contributed by atoms with van der Waals surface area (Å²) in [5.41, 5.74) is 5.20. The molecule has 0 bridgehead atoms. The lowest BCUT2D eigenvalue weighted by Crippen LogP contribution is -2.17. The molecule has 0 aromatic heterocycles. The molecule has 0 atom stereocenters. The molecule has 0 unspecified atom stereocenters. The molecule has 0 radical (unpaired) electrons. The van der Waals surface area contributed by atoms with Crippen molar-refractivity contribution in [1.82, 2.24) is 10.9 Å². The van der Waals surface area contributed by atoms with E-state index in [2.05, 4.69) is 21.1 Å². The molecule has 2 rings (SSSR count). The van der Waals surface area contributed by atoms with E-state index in [1.54, 1.807) is 36.4 Å². The summed E-state index contributed by atoms with van der Waals surface area (Å²) in [5, 5.41) is 29.5. The fourth-order valence-corrected chi connectivity index (χ4v) is 3.26. The number of hydrazone groups is 2. The SMILES string of the molecule is O=C(CCCCCCCCC(=O)N/N=C\c1ccccc1[N+](=O)[O-])N/N=C\c1ccccc1[N+](=O)[O-]. The van der Waals surface area contributed by atoms with Gasteiger partial charge in [0.25, 0.3) is 11.4 Å². The molecule has 0 aliphatic heterocycles. The highest BCUT2D eigenvalue weighted by molar-refractivity contribution is 5.87. The molecule has 2 amide bonds. The van der Waals surface area contributed by atoms with Gasteiger partial charge in [0.05, 0.1) is 33.4 Å². The minimum Gasteiger partial charge on any atom is -0.273 e. The third-order valence-electron chi connectivity index (χ3n) is 5.11. The van der Waals surface area contributed by atoms with Crippen molar-refractivity contribution in [2.75, 3.05) is 0 Å². The first kappa shape index (κ1) is 27.8. The highest BCUT2D eigenvalue weighted by atomic mass is 16.6. The molecule has 12 heteroatoms. The second kappa shape index (κ2) is 15.4. The summed E-state index contributed by atoms with van der Waals surface area (Å²) in [6, 6.07) is 12.2. The van der Waals surface area contributed by atoms with E-state index in [-0.39, 0.29) is 23.2 Å². The number of carbonyl (C=O) groups excluding carboxylic acids is 2. The quantitative estimate of drug-likeness (QED) is 0.162. The van der Waals surface area contributed by atoms with Gasteiger partial charge in [0, 0.05) is 25.0 Å². The maximum Gasteiger partial charge on any atom is 0.278 e. The second-order valence-electron chi connectivity index (χ2n) is 7.84. The second-order valence-corrected chi connectivity index (χ2v) is 7.84. The third-order valence-corrected chi connectivity index (χ3v) is 5.11. The average molecular weight is 497 g/mol. The molecular weight excluding hydrogens is 468 g/mol. The van der Waals surface area contributed by atoms with Crippen molar-refractivity contribution in [2.24, 2.45) is 10.2 Å². The van der Waals surface area contributed by atoms with Crippen LogP contribution in [-0.4, -0.2) is 34.1 Å². The molecular formula is C24H28N6O6. The number of para-hydroxylation sites is 2. The van der Waals surface area contributed by atoms with Crippen LogP contribution < -0.4 is 10.9 Å². The van der Waals surface area contributed by atoms with Gasteiger partial charge in [-0.05, 0) is 25.0 Å². The van der Waals surface area contributed by atoms with Crippen LogP contribution in [0.2, 0.25) is 0 Å². The van der Waals surface area contributed by atoms with Crippen molar-refractivity contribution >= 4 is 35.6 Å². The van der Waals surface area contributed by atoms with E-state index < -0.39 is 9.85 Å². The molecule has 2 aromatic carbocycles. The van der Waals surface area contributed by atoms with Gasteiger partial charge in [-0.2, -0.15) is 10.2 Å². The number of amides is 2. The van der Waals surface area contributed by atoms with Gasteiger partial charge in [-0.1, -0.05) is 49.9 Å². The Balaban J connectivity index is 1.52. The van der Waals surface area contributed by atoms with Crippen LogP contribution in [-0.2, 0) is 9.59 Å². The number of nitrogens with one attached hydrogen (secondary N) is 2. The maximum atomic E-state index is 11.8. The number of carbonyl (C=O) groups is 2. The average Bonchev–Trinajstić information content (AvgIpc) is 2.86. The van der Waals surface area contributed by atoms with Crippen molar-refractivity contribution in [1.29, 1.82) is 0 Å². The lowest BCUT2D eigenvalue weighted by molar-refractivity contribution is -0.385. The highest BCUT2D eigenvalue weighted by Gasteiger charge is 2.11. The molecule has 2 aromatic rings. The van der Waals surface area contributed by atoms with Crippen molar-refractivity contribution in [2.45, 2.75) is 51.4 Å². The Bertz CT molecular complexity index is 1030. The normalized spacial score (nSPS) is 11.0. The van der Waals surface area contributed by atoms with Gasteiger partial charge in [-0.15, -0.1) is 0 Å². The standard InChI is InChI=1S/C24H28N6O6/c31-23(27-25-17-19-11-7-9-13-21(19)29(33)34)15-5-3-1-2-4-6-16-24(32)28-26-18-20-12-8-10-14-22(20)30(35)36/h7-14,17-18H,1-6,15-16H2,(H,27,31)(H,28,32)/b25-17-,26-18-. The molecule has 12 nitrogen and oxygen atoms in total. The molecule has 0 saturated heterocycles. The number of hydrogen-bond donors (Lipinski definition) is 2. The number of nitro groups is 2. The molecule has 36 heavy (non-hydrogen) atoms. The topological polar surface area (TPSA) is 169 Å². The van der Waals surface area contributed by atoms with Crippen LogP contribution in [0.5, 0.6) is 0 Å². The predicted molar refractivity (Wildman–Crippen MR) is 135 cm³/mol. The van der Waals surface area contributed by atoms with E-state index in [1.807, 2.05) is 0 Å². The van der Waals surface area contributed by atoms with E-state index >= 15 is 0 Å². The van der Waals surface area contributed by atoms with Gasteiger partial charge in [0.15, 0.2) is 0 Å². The summed E-state index contributed by atoms with van der Waals surface area (Å²) in [7, 11) is 0. The Hall–Kier alpha value is -4.48. The number of unbranched alkanes of at least 4 members (excludes halogenated alkanes) is 5. The fourth-order valence-electron chi connectivity index (χ4n) is 3.26. The fraction of sp³-hybridized carbons (Fsp3) is 0.333. The minimum atomic E-state index is -0.509.